The van der Waals surface area contributed by atoms with Crippen LogP contribution in [0.25, 0.3) is 16.9 Å². The normalized spacial score (nSPS) is 12.2. The number of benzene rings is 2. The van der Waals surface area contributed by atoms with Crippen LogP contribution in [0.5, 0.6) is 5.75 Å². The molecule has 214 valence electrons. The summed E-state index contributed by atoms with van der Waals surface area (Å²) in [6.07, 6.45) is 5.07. The zero-order chi connectivity index (χ0) is 29.4. The van der Waals surface area contributed by atoms with Crippen LogP contribution in [0, 0.1) is 0 Å². The topological polar surface area (TPSA) is 132 Å². The lowest BCUT2D eigenvalue weighted by Gasteiger charge is -2.19. The summed E-state index contributed by atoms with van der Waals surface area (Å²) in [5.74, 6) is -0.982. The summed E-state index contributed by atoms with van der Waals surface area (Å²) in [5.41, 5.74) is 11.8. The summed E-state index contributed by atoms with van der Waals surface area (Å²) in [6, 6.07) is 19.9. The molecule has 2 heterocycles. The molecule has 4 rings (SSSR count). The standard InChI is InChI=1S/C32H37N5O4/c1-32(2,3)24-8-10-25(11-9-24)37-26(20-29(36-37)23-14-16-34-17-15-23)5-4-18-41-21-30(39)35-31(40)28(33)19-22-6-12-27(38)13-7-22/h6-17,20,28,38H,4-5,18-19,21,33H2,1-3H3,(H,35,39,40)/t28-/m0/s1. The highest BCUT2D eigenvalue weighted by Gasteiger charge is 2.18. The lowest BCUT2D eigenvalue weighted by molar-refractivity contribution is -0.133. The number of hydrogen-bond acceptors (Lipinski definition) is 7. The van der Waals surface area contributed by atoms with Crippen LogP contribution in [0.2, 0.25) is 0 Å². The first-order valence-electron chi connectivity index (χ1n) is 13.7. The number of amides is 2. The SMILES string of the molecule is CC(C)(C)c1ccc(-n2nc(-c3ccncc3)cc2CCCOCC(=O)NC(=O)[C@@H](N)Cc2ccc(O)cc2)cc1. The van der Waals surface area contributed by atoms with Gasteiger partial charge in [0.1, 0.15) is 12.4 Å². The van der Waals surface area contributed by atoms with Crippen LogP contribution in [0.3, 0.4) is 0 Å². The molecular weight excluding hydrogens is 518 g/mol. The Morgan fingerprint density at radius 1 is 1.02 bits per heavy atom. The molecule has 1 atom stereocenters. The van der Waals surface area contributed by atoms with E-state index in [2.05, 4.69) is 61.4 Å². The van der Waals surface area contributed by atoms with Crippen molar-refractivity contribution < 1.29 is 19.4 Å². The molecule has 0 fully saturated rings. The number of pyridine rings is 1. The number of hydrogen-bond donors (Lipinski definition) is 3. The zero-order valence-electron chi connectivity index (χ0n) is 23.7. The minimum absolute atomic E-state index is 0.0553. The molecular formula is C32H37N5O4. The predicted octanol–water partition coefficient (Wildman–Crippen LogP) is 4.10. The van der Waals surface area contributed by atoms with Gasteiger partial charge in [-0.1, -0.05) is 45.0 Å². The van der Waals surface area contributed by atoms with E-state index >= 15 is 0 Å². The van der Waals surface area contributed by atoms with Crippen molar-refractivity contribution >= 4 is 11.8 Å². The van der Waals surface area contributed by atoms with Crippen LogP contribution in [0.15, 0.2) is 79.1 Å². The maximum absolute atomic E-state index is 12.3. The second kappa shape index (κ2) is 13.3. The van der Waals surface area contributed by atoms with Gasteiger partial charge in [0.2, 0.25) is 5.91 Å². The Morgan fingerprint density at radius 3 is 2.37 bits per heavy atom. The average molecular weight is 556 g/mol. The van der Waals surface area contributed by atoms with E-state index < -0.39 is 17.9 Å². The first-order chi connectivity index (χ1) is 19.6. The summed E-state index contributed by atoms with van der Waals surface area (Å²) in [7, 11) is 0. The van der Waals surface area contributed by atoms with Gasteiger partial charge in [-0.15, -0.1) is 0 Å². The number of aromatic nitrogens is 3. The highest BCUT2D eigenvalue weighted by molar-refractivity contribution is 5.98. The largest absolute Gasteiger partial charge is 0.508 e. The third kappa shape index (κ3) is 8.33. The van der Waals surface area contributed by atoms with E-state index in [4.69, 9.17) is 15.6 Å². The number of nitrogens with one attached hydrogen (secondary N) is 1. The van der Waals surface area contributed by atoms with E-state index in [0.29, 0.717) is 19.4 Å². The van der Waals surface area contributed by atoms with E-state index in [1.54, 1.807) is 24.5 Å². The van der Waals surface area contributed by atoms with Gasteiger partial charge < -0.3 is 15.6 Å². The zero-order valence-corrected chi connectivity index (χ0v) is 23.7. The van der Waals surface area contributed by atoms with Gasteiger partial charge in [-0.05, 0) is 78.3 Å². The lowest BCUT2D eigenvalue weighted by Crippen LogP contribution is -2.45. The predicted molar refractivity (Wildman–Crippen MR) is 158 cm³/mol. The summed E-state index contributed by atoms with van der Waals surface area (Å²) in [4.78, 5) is 28.6. The van der Waals surface area contributed by atoms with Gasteiger partial charge in [-0.25, -0.2) is 4.68 Å². The number of ether oxygens (including phenoxy) is 1. The number of imide groups is 1. The number of phenolic OH excluding ortho intramolecular Hbond substituents is 1. The molecule has 4 aromatic rings. The molecule has 0 bridgehead atoms. The molecule has 9 nitrogen and oxygen atoms in total. The maximum atomic E-state index is 12.3. The molecule has 0 spiro atoms. The van der Waals surface area contributed by atoms with Crippen molar-refractivity contribution in [3.8, 4) is 22.7 Å². The molecule has 2 amide bonds. The molecule has 0 unspecified atom stereocenters. The summed E-state index contributed by atoms with van der Waals surface area (Å²) in [6.45, 7) is 6.65. The monoisotopic (exact) mass is 555 g/mol. The Balaban J connectivity index is 1.31. The number of carbonyl (C=O) groups is 2. The van der Waals surface area contributed by atoms with Crippen molar-refractivity contribution in [2.75, 3.05) is 13.2 Å². The van der Waals surface area contributed by atoms with Crippen LogP contribution in [-0.4, -0.2) is 50.9 Å². The third-order valence-corrected chi connectivity index (χ3v) is 6.68. The van der Waals surface area contributed by atoms with E-state index in [0.717, 1.165) is 28.2 Å². The summed E-state index contributed by atoms with van der Waals surface area (Å²) in [5, 5.41) is 16.5. The maximum Gasteiger partial charge on any atom is 0.252 e. The van der Waals surface area contributed by atoms with Crippen LogP contribution in [0.4, 0.5) is 0 Å². The number of aryl methyl sites for hydroxylation is 1. The number of phenols is 1. The molecule has 0 aliphatic heterocycles. The molecule has 0 aliphatic rings. The van der Waals surface area contributed by atoms with E-state index in [1.807, 2.05) is 16.8 Å². The fraction of sp³-hybridized carbons (Fsp3) is 0.312. The smallest absolute Gasteiger partial charge is 0.252 e. The van der Waals surface area contributed by atoms with Crippen molar-refractivity contribution in [2.45, 2.75) is 51.5 Å². The summed E-state index contributed by atoms with van der Waals surface area (Å²) >= 11 is 0. The molecule has 0 saturated heterocycles. The van der Waals surface area contributed by atoms with E-state index in [1.165, 1.54) is 17.7 Å². The van der Waals surface area contributed by atoms with Gasteiger partial charge in [0, 0.05) is 30.3 Å². The van der Waals surface area contributed by atoms with Gasteiger partial charge in [-0.3, -0.25) is 19.9 Å². The first-order valence-corrected chi connectivity index (χ1v) is 13.7. The van der Waals surface area contributed by atoms with Crippen molar-refractivity contribution in [1.82, 2.24) is 20.1 Å². The van der Waals surface area contributed by atoms with Gasteiger partial charge in [0.15, 0.2) is 0 Å². The van der Waals surface area contributed by atoms with Gasteiger partial charge in [-0.2, -0.15) is 5.10 Å². The van der Waals surface area contributed by atoms with E-state index in [-0.39, 0.29) is 24.2 Å². The minimum atomic E-state index is -0.893. The Labute approximate surface area is 240 Å². The molecule has 2 aromatic heterocycles. The fourth-order valence-electron chi connectivity index (χ4n) is 4.35. The highest BCUT2D eigenvalue weighted by atomic mass is 16.5. The molecule has 0 radical (unpaired) electrons. The summed E-state index contributed by atoms with van der Waals surface area (Å²) < 4.78 is 7.50. The van der Waals surface area contributed by atoms with Crippen LogP contribution in [-0.2, 0) is 32.6 Å². The van der Waals surface area contributed by atoms with Crippen molar-refractivity contribution in [3.63, 3.8) is 0 Å². The fourth-order valence-corrected chi connectivity index (χ4v) is 4.35. The molecule has 41 heavy (non-hydrogen) atoms. The Bertz CT molecular complexity index is 1440. The molecule has 0 aliphatic carbocycles. The van der Waals surface area contributed by atoms with Crippen LogP contribution < -0.4 is 11.1 Å². The quantitative estimate of drug-likeness (QED) is 0.237. The molecule has 9 heteroatoms. The second-order valence-electron chi connectivity index (χ2n) is 11.0. The van der Waals surface area contributed by atoms with Crippen molar-refractivity contribution in [1.29, 1.82) is 0 Å². The average Bonchev–Trinajstić information content (AvgIpc) is 3.38. The van der Waals surface area contributed by atoms with Gasteiger partial charge in [0.25, 0.3) is 5.91 Å². The first kappa shape index (κ1) is 29.6. The molecule has 2 aromatic carbocycles. The number of carbonyl (C=O) groups excluding carboxylic acids is 2. The molecule has 0 saturated carbocycles. The van der Waals surface area contributed by atoms with Crippen molar-refractivity contribution in [3.05, 3.63) is 95.9 Å². The minimum Gasteiger partial charge on any atom is -0.508 e. The number of nitrogens with two attached hydrogens (primary N) is 1. The second-order valence-corrected chi connectivity index (χ2v) is 11.0. The van der Waals surface area contributed by atoms with Gasteiger partial charge >= 0.3 is 0 Å². The molecule has 4 N–H and O–H groups in total. The Morgan fingerprint density at radius 2 is 1.71 bits per heavy atom. The highest BCUT2D eigenvalue weighted by Crippen LogP contribution is 2.26. The number of aromatic hydroxyl groups is 1. The Hall–Kier alpha value is -4.34. The number of rotatable bonds is 11. The number of nitrogens with zero attached hydrogens (tertiary/aromatic N) is 3. The lowest BCUT2D eigenvalue weighted by atomic mass is 9.87. The Kier molecular flexibility index (Phi) is 9.65. The van der Waals surface area contributed by atoms with Gasteiger partial charge in [0.05, 0.1) is 17.4 Å². The third-order valence-electron chi connectivity index (χ3n) is 6.68. The van der Waals surface area contributed by atoms with E-state index in [9.17, 15) is 14.7 Å². The van der Waals surface area contributed by atoms with Crippen LogP contribution in [0.1, 0.15) is 44.0 Å². The van der Waals surface area contributed by atoms with Crippen LogP contribution >= 0.6 is 0 Å². The van der Waals surface area contributed by atoms with Crippen molar-refractivity contribution in [2.24, 2.45) is 5.73 Å².